The first-order valence-electron chi connectivity index (χ1n) is 11.7. The Kier molecular flexibility index (Phi) is 16.8. The van der Waals surface area contributed by atoms with Crippen LogP contribution in [-0.4, -0.2) is 41.3 Å². The summed E-state index contributed by atoms with van der Waals surface area (Å²) in [5.41, 5.74) is -0.0539. The second kappa shape index (κ2) is 16.8. The van der Waals surface area contributed by atoms with Crippen LogP contribution in [0.2, 0.25) is 6.55 Å². The van der Waals surface area contributed by atoms with Crippen molar-refractivity contribution in [1.82, 2.24) is 0 Å². The molecule has 0 aliphatic heterocycles. The molecule has 0 rings (SSSR count). The van der Waals surface area contributed by atoms with Gasteiger partial charge in [-0.25, -0.2) is 0 Å². The summed E-state index contributed by atoms with van der Waals surface area (Å²) in [4.78, 5) is 0. The zero-order chi connectivity index (χ0) is 21.3. The highest BCUT2D eigenvalue weighted by Gasteiger charge is 2.34. The van der Waals surface area contributed by atoms with E-state index in [0.717, 1.165) is 25.9 Å². The van der Waals surface area contributed by atoms with Crippen LogP contribution in [0.1, 0.15) is 111 Å². The van der Waals surface area contributed by atoms with Crippen LogP contribution < -0.4 is 0 Å². The third-order valence-electron chi connectivity index (χ3n) is 5.64. The predicted octanol–water partition coefficient (Wildman–Crippen LogP) is 7.14. The molecule has 4 nitrogen and oxygen atoms in total. The normalized spacial score (nSPS) is 13.8. The summed E-state index contributed by atoms with van der Waals surface area (Å²) in [5.74, 6) is 0. The van der Waals surface area contributed by atoms with Gasteiger partial charge >= 0.3 is 8.80 Å². The molecule has 170 valence electrons. The molecule has 0 bridgehead atoms. The summed E-state index contributed by atoms with van der Waals surface area (Å²) < 4.78 is 23.1. The van der Waals surface area contributed by atoms with Crippen molar-refractivity contribution in [2.75, 3.05) is 20.8 Å². The lowest BCUT2D eigenvalue weighted by Crippen LogP contribution is -2.44. The number of rotatable bonds is 20. The molecule has 0 aromatic carbocycles. The third-order valence-corrected chi connectivity index (χ3v) is 7.89. The fraction of sp³-hybridized carbons (Fsp3) is 1.00. The van der Waals surface area contributed by atoms with E-state index < -0.39 is 8.80 Å². The summed E-state index contributed by atoms with van der Waals surface area (Å²) >= 11 is 0. The molecule has 0 saturated heterocycles. The molecule has 0 aromatic heterocycles. The van der Waals surface area contributed by atoms with Crippen molar-refractivity contribution >= 4 is 8.80 Å². The van der Waals surface area contributed by atoms with E-state index in [1.54, 1.807) is 14.2 Å². The van der Waals surface area contributed by atoms with Crippen LogP contribution in [0.3, 0.4) is 0 Å². The first-order chi connectivity index (χ1) is 13.3. The average molecular weight is 419 g/mol. The fourth-order valence-electron chi connectivity index (χ4n) is 3.41. The molecule has 5 heteroatoms. The van der Waals surface area contributed by atoms with Gasteiger partial charge in [-0.3, -0.25) is 0 Å². The second-order valence-corrected chi connectivity index (χ2v) is 11.5. The lowest BCUT2D eigenvalue weighted by atomic mass is 9.99. The summed E-state index contributed by atoms with van der Waals surface area (Å²) in [7, 11) is 0.843. The van der Waals surface area contributed by atoms with Crippen molar-refractivity contribution in [2.24, 2.45) is 0 Å². The minimum atomic E-state index is -2.48. The van der Waals surface area contributed by atoms with Gasteiger partial charge in [0, 0.05) is 27.4 Å². The van der Waals surface area contributed by atoms with Crippen molar-refractivity contribution < 1.29 is 18.0 Å². The van der Waals surface area contributed by atoms with Gasteiger partial charge in [0.25, 0.3) is 0 Å². The summed E-state index contributed by atoms with van der Waals surface area (Å²) in [6.07, 6.45) is 16.8. The van der Waals surface area contributed by atoms with Gasteiger partial charge in [0.05, 0.1) is 11.7 Å². The number of unbranched alkanes of at least 4 members (excludes halogenated alkanes) is 9. The molecule has 0 aliphatic rings. The number of ether oxygens (including phenoxy) is 1. The number of hydrogen-bond acceptors (Lipinski definition) is 4. The van der Waals surface area contributed by atoms with E-state index in [0.29, 0.717) is 0 Å². The molecule has 28 heavy (non-hydrogen) atoms. The lowest BCUT2D eigenvalue weighted by Gasteiger charge is -2.30. The van der Waals surface area contributed by atoms with E-state index in [1.165, 1.54) is 64.2 Å². The van der Waals surface area contributed by atoms with Gasteiger partial charge in [0.2, 0.25) is 0 Å². The van der Waals surface area contributed by atoms with Crippen molar-refractivity contribution in [3.8, 4) is 0 Å². The van der Waals surface area contributed by atoms with Crippen LogP contribution in [-0.2, 0) is 18.0 Å². The van der Waals surface area contributed by atoms with Crippen LogP contribution in [0, 0.1) is 0 Å². The van der Waals surface area contributed by atoms with Crippen LogP contribution in [0.25, 0.3) is 0 Å². The standard InChI is InChI=1S/C23H50O4Si/c1-8-10-11-12-13-14-15-16-17-18-20-23(3,4)26-21-19-22(9-2)27-28(7,24-5)25-6/h22H,8-21H2,1-7H3. The monoisotopic (exact) mass is 418 g/mol. The molecule has 0 amide bonds. The SMILES string of the molecule is CCCCCCCCCCCCC(C)(C)OCCC(CC)O[Si](C)(OC)OC. The van der Waals surface area contributed by atoms with Crippen molar-refractivity contribution in [3.63, 3.8) is 0 Å². The Hall–Kier alpha value is 0.0569. The van der Waals surface area contributed by atoms with Gasteiger partial charge in [0.15, 0.2) is 0 Å². The van der Waals surface area contributed by atoms with E-state index >= 15 is 0 Å². The Morgan fingerprint density at radius 2 is 1.29 bits per heavy atom. The maximum Gasteiger partial charge on any atom is 0.497 e. The Morgan fingerprint density at radius 1 is 0.786 bits per heavy atom. The summed E-state index contributed by atoms with van der Waals surface area (Å²) in [6, 6.07) is 0. The lowest BCUT2D eigenvalue weighted by molar-refractivity contribution is -0.0418. The minimum Gasteiger partial charge on any atom is -0.377 e. The van der Waals surface area contributed by atoms with E-state index in [9.17, 15) is 0 Å². The molecule has 0 fully saturated rings. The zero-order valence-corrected chi connectivity index (χ0v) is 21.1. The second-order valence-electron chi connectivity index (χ2n) is 8.75. The molecule has 0 N–H and O–H groups in total. The molecule has 0 aliphatic carbocycles. The first-order valence-corrected chi connectivity index (χ1v) is 14.0. The maximum absolute atomic E-state index is 6.18. The Labute approximate surface area is 177 Å². The highest BCUT2D eigenvalue weighted by atomic mass is 28.4. The predicted molar refractivity (Wildman–Crippen MR) is 122 cm³/mol. The van der Waals surface area contributed by atoms with Crippen LogP contribution in [0.15, 0.2) is 0 Å². The molecule has 0 aromatic rings. The number of hydrogen-bond donors (Lipinski definition) is 0. The highest BCUT2D eigenvalue weighted by Crippen LogP contribution is 2.21. The first kappa shape index (κ1) is 28.1. The molecule has 1 unspecified atom stereocenters. The molecule has 0 radical (unpaired) electrons. The third kappa shape index (κ3) is 15.0. The Balaban J connectivity index is 3.81. The van der Waals surface area contributed by atoms with Gasteiger partial charge < -0.3 is 18.0 Å². The van der Waals surface area contributed by atoms with E-state index in [-0.39, 0.29) is 11.7 Å². The summed E-state index contributed by atoms with van der Waals surface area (Å²) in [6.45, 7) is 11.5. The van der Waals surface area contributed by atoms with E-state index in [1.807, 2.05) is 6.55 Å². The Morgan fingerprint density at radius 3 is 1.75 bits per heavy atom. The molecular formula is C23H50O4Si. The largest absolute Gasteiger partial charge is 0.497 e. The highest BCUT2D eigenvalue weighted by molar-refractivity contribution is 6.59. The maximum atomic E-state index is 6.18. The van der Waals surface area contributed by atoms with Gasteiger partial charge in [-0.15, -0.1) is 0 Å². The molecule has 0 heterocycles. The quantitative estimate of drug-likeness (QED) is 0.155. The van der Waals surface area contributed by atoms with Gasteiger partial charge in [-0.2, -0.15) is 0 Å². The topological polar surface area (TPSA) is 36.9 Å². The smallest absolute Gasteiger partial charge is 0.377 e. The van der Waals surface area contributed by atoms with Crippen molar-refractivity contribution in [1.29, 1.82) is 0 Å². The van der Waals surface area contributed by atoms with E-state index in [4.69, 9.17) is 18.0 Å². The van der Waals surface area contributed by atoms with Crippen molar-refractivity contribution in [2.45, 2.75) is 129 Å². The summed E-state index contributed by atoms with van der Waals surface area (Å²) in [5, 5.41) is 0. The zero-order valence-electron chi connectivity index (χ0n) is 20.1. The van der Waals surface area contributed by atoms with Crippen LogP contribution in [0.4, 0.5) is 0 Å². The van der Waals surface area contributed by atoms with Gasteiger partial charge in [-0.05, 0) is 33.1 Å². The molecule has 0 spiro atoms. The molecule has 1 atom stereocenters. The van der Waals surface area contributed by atoms with Crippen LogP contribution >= 0.6 is 0 Å². The van der Waals surface area contributed by atoms with Gasteiger partial charge in [-0.1, -0.05) is 78.1 Å². The van der Waals surface area contributed by atoms with Gasteiger partial charge in [0.1, 0.15) is 0 Å². The fourth-order valence-corrected chi connectivity index (χ4v) is 4.65. The van der Waals surface area contributed by atoms with Crippen LogP contribution in [0.5, 0.6) is 0 Å². The molecular weight excluding hydrogens is 368 g/mol. The Bertz CT molecular complexity index is 345. The van der Waals surface area contributed by atoms with Crippen molar-refractivity contribution in [3.05, 3.63) is 0 Å². The van der Waals surface area contributed by atoms with E-state index in [2.05, 4.69) is 27.7 Å². The molecule has 0 saturated carbocycles. The minimum absolute atomic E-state index is 0.0539. The average Bonchev–Trinajstić information content (AvgIpc) is 2.68.